The highest BCUT2D eigenvalue weighted by atomic mass is 32.2. The van der Waals surface area contributed by atoms with Gasteiger partial charge in [0.05, 0.1) is 18.3 Å². The predicted molar refractivity (Wildman–Crippen MR) is 106 cm³/mol. The second-order valence-electron chi connectivity index (χ2n) is 6.14. The molecule has 2 amide bonds. The number of amides is 2. The maximum absolute atomic E-state index is 12.5. The summed E-state index contributed by atoms with van der Waals surface area (Å²) < 4.78 is 0. The van der Waals surface area contributed by atoms with Crippen LogP contribution < -0.4 is 5.32 Å². The molecule has 0 saturated carbocycles. The van der Waals surface area contributed by atoms with Crippen LogP contribution in [-0.4, -0.2) is 54.5 Å². The van der Waals surface area contributed by atoms with Gasteiger partial charge in [0.25, 0.3) is 0 Å². The highest BCUT2D eigenvalue weighted by Gasteiger charge is 2.30. The van der Waals surface area contributed by atoms with Gasteiger partial charge in [0.2, 0.25) is 12.3 Å². The van der Waals surface area contributed by atoms with Gasteiger partial charge in [0.1, 0.15) is 6.04 Å². The maximum atomic E-state index is 12.5. The summed E-state index contributed by atoms with van der Waals surface area (Å²) in [6.45, 7) is 5.86. The van der Waals surface area contributed by atoms with Gasteiger partial charge >= 0.3 is 0 Å². The Morgan fingerprint density at radius 2 is 2.19 bits per heavy atom. The van der Waals surface area contributed by atoms with E-state index < -0.39 is 12.1 Å². The zero-order chi connectivity index (χ0) is 19.1. The van der Waals surface area contributed by atoms with E-state index in [1.165, 1.54) is 4.90 Å². The summed E-state index contributed by atoms with van der Waals surface area (Å²) in [5, 5.41) is 12.6. The molecule has 2 N–H and O–H groups in total. The maximum Gasteiger partial charge on any atom is 0.243 e. The zero-order valence-corrected chi connectivity index (χ0v) is 16.0. The first-order valence-electron chi connectivity index (χ1n) is 8.49. The fourth-order valence-electron chi connectivity index (χ4n) is 3.11. The Bertz CT molecular complexity index is 688. The van der Waals surface area contributed by atoms with Crippen LogP contribution >= 0.6 is 11.8 Å². The molecule has 7 heteroatoms. The predicted octanol–water partition coefficient (Wildman–Crippen LogP) is 2.21. The molecule has 0 spiro atoms. The molecule has 1 aromatic carbocycles. The van der Waals surface area contributed by atoms with Gasteiger partial charge in [0.15, 0.2) is 0 Å². The molecule has 1 aliphatic heterocycles. The minimum absolute atomic E-state index is 0.211. The zero-order valence-electron chi connectivity index (χ0n) is 15.1. The number of hydrogen-bond acceptors (Lipinski definition) is 5. The van der Waals surface area contributed by atoms with Crippen LogP contribution in [-0.2, 0) is 9.59 Å². The van der Waals surface area contributed by atoms with E-state index in [2.05, 4.69) is 17.0 Å². The smallest absolute Gasteiger partial charge is 0.243 e. The number of nitrogens with one attached hydrogen (secondary N) is 1. The molecule has 0 aliphatic carbocycles. The second-order valence-corrected chi connectivity index (χ2v) is 6.96. The monoisotopic (exact) mass is 375 g/mol. The molecule has 0 radical (unpaired) electrons. The van der Waals surface area contributed by atoms with Crippen LogP contribution in [0.1, 0.15) is 36.9 Å². The van der Waals surface area contributed by atoms with E-state index in [9.17, 15) is 14.7 Å². The van der Waals surface area contributed by atoms with Gasteiger partial charge in [-0.1, -0.05) is 24.3 Å². The highest BCUT2D eigenvalue weighted by Crippen LogP contribution is 2.30. The van der Waals surface area contributed by atoms with Crippen molar-refractivity contribution >= 4 is 35.7 Å². The molecule has 2 rings (SSSR count). The third-order valence-electron chi connectivity index (χ3n) is 4.58. The third kappa shape index (κ3) is 4.53. The number of aliphatic hydroxyl groups excluding tert-OH is 1. The molecular formula is C19H25N3O3S. The molecule has 26 heavy (non-hydrogen) atoms. The Kier molecular flexibility index (Phi) is 7.41. The van der Waals surface area contributed by atoms with Crippen molar-refractivity contribution in [2.75, 3.05) is 19.4 Å². The molecule has 0 bridgehead atoms. The van der Waals surface area contributed by atoms with E-state index in [1.807, 2.05) is 37.4 Å². The number of benzene rings is 1. The van der Waals surface area contributed by atoms with Crippen LogP contribution in [0.5, 0.6) is 0 Å². The van der Waals surface area contributed by atoms with Crippen LogP contribution in [0.4, 0.5) is 0 Å². The molecule has 0 aromatic heterocycles. The number of hydrogen-bond donors (Lipinski definition) is 2. The van der Waals surface area contributed by atoms with Gasteiger partial charge in [-0.25, -0.2) is 0 Å². The number of aliphatic imine (C=N–C) groups is 1. The van der Waals surface area contributed by atoms with E-state index in [1.54, 1.807) is 11.8 Å². The summed E-state index contributed by atoms with van der Waals surface area (Å²) in [7, 11) is 0. The number of rotatable bonds is 8. The van der Waals surface area contributed by atoms with Gasteiger partial charge in [-0.2, -0.15) is 0 Å². The van der Waals surface area contributed by atoms with Gasteiger partial charge in [-0.3, -0.25) is 14.6 Å². The summed E-state index contributed by atoms with van der Waals surface area (Å²) in [5.74, 6) is -0.228. The average Bonchev–Trinajstić information content (AvgIpc) is 3.16. The summed E-state index contributed by atoms with van der Waals surface area (Å²) in [5.41, 5.74) is 2.68. The lowest BCUT2D eigenvalue weighted by Gasteiger charge is -2.23. The number of thioether (sulfide) groups is 1. The van der Waals surface area contributed by atoms with Gasteiger partial charge < -0.3 is 15.3 Å². The fraction of sp³-hybridized carbons (Fsp3) is 0.421. The van der Waals surface area contributed by atoms with Crippen molar-refractivity contribution in [3.8, 4) is 0 Å². The van der Waals surface area contributed by atoms with Crippen LogP contribution in [0.2, 0.25) is 0 Å². The minimum atomic E-state index is -0.508. The quantitative estimate of drug-likeness (QED) is 0.539. The first-order valence-corrected chi connectivity index (χ1v) is 9.72. The molecule has 1 fully saturated rings. The van der Waals surface area contributed by atoms with Crippen molar-refractivity contribution in [2.24, 2.45) is 4.99 Å². The van der Waals surface area contributed by atoms with E-state index >= 15 is 0 Å². The van der Waals surface area contributed by atoms with Gasteiger partial charge in [-0.15, -0.1) is 11.8 Å². The molecule has 0 unspecified atom stereocenters. The van der Waals surface area contributed by atoms with Crippen molar-refractivity contribution in [2.45, 2.75) is 31.8 Å². The Morgan fingerprint density at radius 3 is 2.73 bits per heavy atom. The molecular weight excluding hydrogens is 350 g/mol. The van der Waals surface area contributed by atoms with E-state index in [4.69, 9.17) is 0 Å². The second kappa shape index (κ2) is 9.54. The Labute approximate surface area is 158 Å². The molecule has 1 aromatic rings. The van der Waals surface area contributed by atoms with Crippen molar-refractivity contribution in [3.63, 3.8) is 0 Å². The normalized spacial score (nSPS) is 18.9. The third-order valence-corrected chi connectivity index (χ3v) is 5.52. The van der Waals surface area contributed by atoms with Crippen molar-refractivity contribution in [3.05, 3.63) is 41.1 Å². The molecule has 1 heterocycles. The number of aliphatic hydroxyl groups is 1. The summed E-state index contributed by atoms with van der Waals surface area (Å²) in [4.78, 5) is 30.0. The van der Waals surface area contributed by atoms with Crippen LogP contribution in [0, 0.1) is 0 Å². The molecule has 1 aliphatic rings. The van der Waals surface area contributed by atoms with Crippen molar-refractivity contribution < 1.29 is 14.7 Å². The first-order chi connectivity index (χ1) is 12.5. The lowest BCUT2D eigenvalue weighted by atomic mass is 10.0. The van der Waals surface area contributed by atoms with E-state index in [0.717, 1.165) is 28.1 Å². The lowest BCUT2D eigenvalue weighted by molar-refractivity contribution is -0.131. The summed E-state index contributed by atoms with van der Waals surface area (Å²) in [6.07, 6.45) is 4.16. The largest absolute Gasteiger partial charge is 0.394 e. The van der Waals surface area contributed by atoms with Crippen LogP contribution in [0.25, 0.3) is 4.91 Å². The number of allylic oxidation sites excluding steroid dienone is 1. The average molecular weight is 375 g/mol. The van der Waals surface area contributed by atoms with Gasteiger partial charge in [0, 0.05) is 11.4 Å². The fourth-order valence-corrected chi connectivity index (χ4v) is 3.84. The van der Waals surface area contributed by atoms with Gasteiger partial charge in [-0.05, 0) is 43.9 Å². The van der Waals surface area contributed by atoms with E-state index in [-0.39, 0.29) is 12.5 Å². The SMILES string of the molecule is C=N/C(C)=C(\SC)c1ccc([C@H](CO)NC(=O)[C@@H]2CCCN2C=O)cc1. The van der Waals surface area contributed by atoms with Crippen molar-refractivity contribution in [1.29, 1.82) is 0 Å². The molecule has 1 saturated heterocycles. The van der Waals surface area contributed by atoms with Crippen LogP contribution in [0.15, 0.2) is 35.0 Å². The van der Waals surface area contributed by atoms with Crippen LogP contribution in [0.3, 0.4) is 0 Å². The first kappa shape index (κ1) is 20.2. The number of carbonyl (C=O) groups is 2. The van der Waals surface area contributed by atoms with Crippen molar-refractivity contribution in [1.82, 2.24) is 10.2 Å². The standard InChI is InChI=1S/C19H25N3O3S/c1-13(20-2)18(26-3)15-8-6-14(7-9-15)16(11-23)21-19(25)17-5-4-10-22(17)12-24/h6-9,12,16-17,23H,2,4-5,10-11H2,1,3H3,(H,21,25)/b18-13-/t16-,17-/m0/s1. The summed E-state index contributed by atoms with van der Waals surface area (Å²) in [6, 6.07) is 6.69. The summed E-state index contributed by atoms with van der Waals surface area (Å²) >= 11 is 1.59. The molecule has 6 nitrogen and oxygen atoms in total. The Hall–Kier alpha value is -2.12. The topological polar surface area (TPSA) is 82.0 Å². The Morgan fingerprint density at radius 1 is 1.50 bits per heavy atom. The molecule has 2 atom stereocenters. The number of nitrogens with zero attached hydrogens (tertiary/aromatic N) is 2. The van der Waals surface area contributed by atoms with E-state index in [0.29, 0.717) is 19.4 Å². The Balaban J connectivity index is 2.14. The number of carbonyl (C=O) groups excluding carboxylic acids is 2. The molecule has 140 valence electrons. The lowest BCUT2D eigenvalue weighted by Crippen LogP contribution is -2.44. The minimum Gasteiger partial charge on any atom is -0.394 e. The number of likely N-dealkylation sites (tertiary alicyclic amines) is 1. The highest BCUT2D eigenvalue weighted by molar-refractivity contribution is 8.07.